The van der Waals surface area contributed by atoms with Crippen LogP contribution >= 0.6 is 0 Å². The number of likely N-dealkylation sites (tertiary alicyclic amines) is 1. The van der Waals surface area contributed by atoms with Crippen LogP contribution in [0.4, 0.5) is 0 Å². The molecule has 2 N–H and O–H groups in total. The van der Waals surface area contributed by atoms with E-state index in [0.29, 0.717) is 30.8 Å². The second-order valence-electron chi connectivity index (χ2n) is 6.74. The van der Waals surface area contributed by atoms with Crippen LogP contribution in [0, 0.1) is 12.8 Å². The van der Waals surface area contributed by atoms with Gasteiger partial charge in [-0.15, -0.1) is 0 Å². The number of aryl methyl sites for hydroxylation is 2. The summed E-state index contributed by atoms with van der Waals surface area (Å²) in [5.74, 6) is 0.170. The van der Waals surface area contributed by atoms with Crippen molar-refractivity contribution >= 4 is 11.8 Å². The minimum absolute atomic E-state index is 0.0665. The number of nitrogens with zero attached hydrogens (tertiary/aromatic N) is 3. The lowest BCUT2D eigenvalue weighted by Crippen LogP contribution is -2.49. The van der Waals surface area contributed by atoms with E-state index in [1.54, 1.807) is 22.8 Å². The van der Waals surface area contributed by atoms with E-state index in [0.717, 1.165) is 5.75 Å². The molecule has 3 rings (SSSR count). The highest BCUT2D eigenvalue weighted by Gasteiger charge is 2.35. The first kappa shape index (κ1) is 18.0. The normalized spacial score (nSPS) is 20.0. The quantitative estimate of drug-likeness (QED) is 0.879. The minimum Gasteiger partial charge on any atom is -0.490 e. The summed E-state index contributed by atoms with van der Waals surface area (Å²) in [6.07, 6.45) is 2.42. The highest BCUT2D eigenvalue weighted by molar-refractivity contribution is 5.95. The van der Waals surface area contributed by atoms with Crippen LogP contribution in [0.5, 0.6) is 5.75 Å². The van der Waals surface area contributed by atoms with Crippen molar-refractivity contribution in [2.75, 3.05) is 13.1 Å². The summed E-state index contributed by atoms with van der Waals surface area (Å²) in [6.45, 7) is 2.83. The Hall–Kier alpha value is -2.83. The number of carbonyl (C=O) groups is 2. The van der Waals surface area contributed by atoms with Crippen LogP contribution in [0.25, 0.3) is 0 Å². The molecule has 1 fully saturated rings. The fraction of sp³-hybridized carbons (Fsp3) is 0.421. The van der Waals surface area contributed by atoms with Crippen molar-refractivity contribution < 1.29 is 14.3 Å². The molecule has 2 heterocycles. The number of benzene rings is 1. The Balaban J connectivity index is 1.74. The van der Waals surface area contributed by atoms with Crippen LogP contribution in [-0.2, 0) is 11.8 Å². The van der Waals surface area contributed by atoms with E-state index >= 15 is 0 Å². The lowest BCUT2D eigenvalue weighted by molar-refractivity contribution is -0.120. The third-order valence-corrected chi connectivity index (χ3v) is 4.69. The summed E-state index contributed by atoms with van der Waals surface area (Å²) in [4.78, 5) is 26.1. The first-order valence-electron chi connectivity index (χ1n) is 8.73. The highest BCUT2D eigenvalue weighted by atomic mass is 16.5. The van der Waals surface area contributed by atoms with Gasteiger partial charge in [0.2, 0.25) is 5.91 Å². The predicted octanol–water partition coefficient (Wildman–Crippen LogP) is 1.51. The molecule has 1 aliphatic rings. The van der Waals surface area contributed by atoms with Crippen LogP contribution in [0.2, 0.25) is 0 Å². The molecule has 26 heavy (non-hydrogen) atoms. The molecule has 0 bridgehead atoms. The SMILES string of the molecule is Cc1nn(C)cc1C(=O)N1CC[C@H](Oc2ccccc2)[C@@H](CC(N)=O)C1. The van der Waals surface area contributed by atoms with Gasteiger partial charge in [-0.1, -0.05) is 18.2 Å². The fourth-order valence-corrected chi connectivity index (χ4v) is 3.46. The summed E-state index contributed by atoms with van der Waals surface area (Å²) in [7, 11) is 1.79. The van der Waals surface area contributed by atoms with Crippen molar-refractivity contribution in [3.63, 3.8) is 0 Å². The summed E-state index contributed by atoms with van der Waals surface area (Å²) in [5, 5.41) is 4.24. The number of ether oxygens (including phenoxy) is 1. The topological polar surface area (TPSA) is 90.4 Å². The maximum atomic E-state index is 12.8. The van der Waals surface area contributed by atoms with E-state index in [1.165, 1.54) is 0 Å². The molecular formula is C19H24N4O3. The molecule has 0 aliphatic carbocycles. The molecule has 0 saturated carbocycles. The van der Waals surface area contributed by atoms with Crippen LogP contribution in [-0.4, -0.2) is 45.7 Å². The van der Waals surface area contributed by atoms with Gasteiger partial charge in [0.25, 0.3) is 5.91 Å². The Kier molecular flexibility index (Phi) is 5.25. The second-order valence-corrected chi connectivity index (χ2v) is 6.74. The summed E-state index contributed by atoms with van der Waals surface area (Å²) >= 11 is 0. The molecule has 2 atom stereocenters. The second kappa shape index (κ2) is 7.59. The number of amides is 2. The zero-order valence-corrected chi connectivity index (χ0v) is 15.1. The van der Waals surface area contributed by atoms with Gasteiger partial charge in [-0.25, -0.2) is 0 Å². The molecule has 138 valence electrons. The molecular weight excluding hydrogens is 332 g/mol. The average Bonchev–Trinajstić information content (AvgIpc) is 2.94. The number of primary amides is 1. The van der Waals surface area contributed by atoms with E-state index in [9.17, 15) is 9.59 Å². The Morgan fingerprint density at radius 1 is 1.31 bits per heavy atom. The van der Waals surface area contributed by atoms with Gasteiger partial charge in [0, 0.05) is 45.1 Å². The standard InChI is InChI=1S/C19H24N4O3/c1-13-16(12-22(2)21-13)19(25)23-9-8-17(14(11-23)10-18(20)24)26-15-6-4-3-5-7-15/h3-7,12,14,17H,8-11H2,1-2H3,(H2,20,24)/t14-,17-/m0/s1. The Bertz CT molecular complexity index is 787. The van der Waals surface area contributed by atoms with Gasteiger partial charge in [-0.2, -0.15) is 5.10 Å². The third kappa shape index (κ3) is 4.04. The molecule has 2 amide bonds. The predicted molar refractivity (Wildman–Crippen MR) is 96.6 cm³/mol. The van der Waals surface area contributed by atoms with Gasteiger partial charge in [0.1, 0.15) is 11.9 Å². The van der Waals surface area contributed by atoms with Crippen molar-refractivity contribution in [2.45, 2.75) is 25.9 Å². The molecule has 0 unspecified atom stereocenters. The number of piperidine rings is 1. The Morgan fingerprint density at radius 2 is 2.04 bits per heavy atom. The first-order valence-corrected chi connectivity index (χ1v) is 8.73. The van der Waals surface area contributed by atoms with Crippen LogP contribution in [0.1, 0.15) is 28.9 Å². The van der Waals surface area contributed by atoms with E-state index in [-0.39, 0.29) is 30.3 Å². The molecule has 2 aromatic rings. The summed E-state index contributed by atoms with van der Waals surface area (Å²) in [5.41, 5.74) is 6.72. The molecule has 7 heteroatoms. The zero-order chi connectivity index (χ0) is 18.7. The van der Waals surface area contributed by atoms with Crippen LogP contribution in [0.15, 0.2) is 36.5 Å². The zero-order valence-electron chi connectivity index (χ0n) is 15.1. The smallest absolute Gasteiger partial charge is 0.257 e. The number of para-hydroxylation sites is 1. The number of aromatic nitrogens is 2. The van der Waals surface area contributed by atoms with Gasteiger partial charge in [-0.05, 0) is 19.1 Å². The molecule has 0 radical (unpaired) electrons. The molecule has 7 nitrogen and oxygen atoms in total. The molecule has 1 aromatic heterocycles. The van der Waals surface area contributed by atoms with E-state index < -0.39 is 0 Å². The van der Waals surface area contributed by atoms with Gasteiger partial charge in [0.05, 0.1) is 11.3 Å². The van der Waals surface area contributed by atoms with Gasteiger partial charge in [0.15, 0.2) is 0 Å². The summed E-state index contributed by atoms with van der Waals surface area (Å²) < 4.78 is 7.70. The van der Waals surface area contributed by atoms with Crippen molar-refractivity contribution in [2.24, 2.45) is 18.7 Å². The Morgan fingerprint density at radius 3 is 2.65 bits per heavy atom. The highest BCUT2D eigenvalue weighted by Crippen LogP contribution is 2.26. The number of rotatable bonds is 5. The largest absolute Gasteiger partial charge is 0.490 e. The lowest BCUT2D eigenvalue weighted by atomic mass is 9.90. The Labute approximate surface area is 152 Å². The molecule has 1 aliphatic heterocycles. The van der Waals surface area contributed by atoms with Crippen LogP contribution in [0.3, 0.4) is 0 Å². The third-order valence-electron chi connectivity index (χ3n) is 4.69. The fourth-order valence-electron chi connectivity index (χ4n) is 3.46. The number of nitrogens with two attached hydrogens (primary N) is 1. The molecule has 1 saturated heterocycles. The van der Waals surface area contributed by atoms with Crippen molar-refractivity contribution in [1.29, 1.82) is 0 Å². The molecule has 0 spiro atoms. The molecule has 1 aromatic carbocycles. The lowest BCUT2D eigenvalue weighted by Gasteiger charge is -2.38. The van der Waals surface area contributed by atoms with Gasteiger partial charge >= 0.3 is 0 Å². The number of carbonyl (C=O) groups excluding carboxylic acids is 2. The van der Waals surface area contributed by atoms with E-state index in [4.69, 9.17) is 10.5 Å². The average molecular weight is 356 g/mol. The number of hydrogen-bond donors (Lipinski definition) is 1. The minimum atomic E-state index is -0.386. The van der Waals surface area contributed by atoms with Crippen molar-refractivity contribution in [1.82, 2.24) is 14.7 Å². The monoisotopic (exact) mass is 356 g/mol. The maximum Gasteiger partial charge on any atom is 0.257 e. The van der Waals surface area contributed by atoms with Crippen molar-refractivity contribution in [3.8, 4) is 5.75 Å². The maximum absolute atomic E-state index is 12.8. The van der Waals surface area contributed by atoms with Gasteiger partial charge in [-0.3, -0.25) is 14.3 Å². The van der Waals surface area contributed by atoms with Gasteiger partial charge < -0.3 is 15.4 Å². The van der Waals surface area contributed by atoms with Crippen LogP contribution < -0.4 is 10.5 Å². The van der Waals surface area contributed by atoms with E-state index in [1.807, 2.05) is 37.3 Å². The summed E-state index contributed by atoms with van der Waals surface area (Å²) in [6, 6.07) is 9.51. The first-order chi connectivity index (χ1) is 12.4. The van der Waals surface area contributed by atoms with Crippen molar-refractivity contribution in [3.05, 3.63) is 47.8 Å². The number of hydrogen-bond acceptors (Lipinski definition) is 4. The van der Waals surface area contributed by atoms with E-state index in [2.05, 4.69) is 5.10 Å².